The van der Waals surface area contributed by atoms with Crippen molar-refractivity contribution in [1.29, 1.82) is 0 Å². The minimum atomic E-state index is -3.11. The molecule has 0 spiro atoms. The van der Waals surface area contributed by atoms with Gasteiger partial charge in [0, 0.05) is 13.1 Å². The lowest BCUT2D eigenvalue weighted by Crippen LogP contribution is -2.34. The standard InChI is InChI=1S/C12H26N2O2S/c1-5-13-9-7-8-10-17(15,16)14(6-2)11-12(3)4/h13H,3,5-11H2,1-2,4H3. The summed E-state index contributed by atoms with van der Waals surface area (Å²) in [7, 11) is -3.11. The van der Waals surface area contributed by atoms with Crippen LogP contribution in [0.25, 0.3) is 0 Å². The van der Waals surface area contributed by atoms with Crippen molar-refractivity contribution in [1.82, 2.24) is 9.62 Å². The van der Waals surface area contributed by atoms with E-state index >= 15 is 0 Å². The molecule has 0 aromatic carbocycles. The van der Waals surface area contributed by atoms with Crippen LogP contribution in [0.1, 0.15) is 33.6 Å². The van der Waals surface area contributed by atoms with Crippen LogP contribution >= 0.6 is 0 Å². The third-order valence-corrected chi connectivity index (χ3v) is 4.43. The van der Waals surface area contributed by atoms with Crippen LogP contribution in [0, 0.1) is 0 Å². The molecule has 0 saturated heterocycles. The highest BCUT2D eigenvalue weighted by Crippen LogP contribution is 2.07. The number of likely N-dealkylation sites (N-methyl/N-ethyl adjacent to an activating group) is 1. The number of nitrogens with zero attached hydrogens (tertiary/aromatic N) is 1. The molecule has 17 heavy (non-hydrogen) atoms. The summed E-state index contributed by atoms with van der Waals surface area (Å²) < 4.78 is 25.5. The molecule has 0 unspecified atom stereocenters. The molecule has 0 bridgehead atoms. The second-order valence-corrected chi connectivity index (χ2v) is 6.35. The van der Waals surface area contributed by atoms with Crippen molar-refractivity contribution in [3.05, 3.63) is 12.2 Å². The van der Waals surface area contributed by atoms with E-state index in [4.69, 9.17) is 0 Å². The largest absolute Gasteiger partial charge is 0.317 e. The van der Waals surface area contributed by atoms with Crippen LogP contribution in [0.5, 0.6) is 0 Å². The van der Waals surface area contributed by atoms with Gasteiger partial charge in [-0.15, -0.1) is 0 Å². The zero-order valence-electron chi connectivity index (χ0n) is 11.3. The average Bonchev–Trinajstić information content (AvgIpc) is 2.25. The van der Waals surface area contributed by atoms with Crippen molar-refractivity contribution in [3.8, 4) is 0 Å². The van der Waals surface area contributed by atoms with E-state index < -0.39 is 10.0 Å². The lowest BCUT2D eigenvalue weighted by molar-refractivity contribution is 0.450. The Morgan fingerprint density at radius 1 is 1.29 bits per heavy atom. The van der Waals surface area contributed by atoms with Gasteiger partial charge in [0.15, 0.2) is 0 Å². The van der Waals surface area contributed by atoms with Gasteiger partial charge in [-0.3, -0.25) is 0 Å². The predicted molar refractivity (Wildman–Crippen MR) is 73.6 cm³/mol. The van der Waals surface area contributed by atoms with Gasteiger partial charge >= 0.3 is 0 Å². The summed E-state index contributed by atoms with van der Waals surface area (Å²) in [5, 5.41) is 3.19. The molecule has 0 atom stereocenters. The average molecular weight is 262 g/mol. The van der Waals surface area contributed by atoms with Gasteiger partial charge in [0.2, 0.25) is 10.0 Å². The molecule has 0 aliphatic carbocycles. The lowest BCUT2D eigenvalue weighted by Gasteiger charge is -2.20. The lowest BCUT2D eigenvalue weighted by atomic mass is 10.3. The van der Waals surface area contributed by atoms with Crippen LogP contribution in [-0.2, 0) is 10.0 Å². The summed E-state index contributed by atoms with van der Waals surface area (Å²) >= 11 is 0. The normalized spacial score (nSPS) is 12.0. The van der Waals surface area contributed by atoms with Crippen LogP contribution in [0.2, 0.25) is 0 Å². The Morgan fingerprint density at radius 2 is 1.94 bits per heavy atom. The molecule has 0 fully saturated rings. The topological polar surface area (TPSA) is 49.4 Å². The minimum Gasteiger partial charge on any atom is -0.317 e. The van der Waals surface area contributed by atoms with Crippen molar-refractivity contribution >= 4 is 10.0 Å². The van der Waals surface area contributed by atoms with E-state index in [2.05, 4.69) is 11.9 Å². The van der Waals surface area contributed by atoms with Crippen LogP contribution in [0.15, 0.2) is 12.2 Å². The molecule has 0 aromatic rings. The highest BCUT2D eigenvalue weighted by molar-refractivity contribution is 7.89. The summed E-state index contributed by atoms with van der Waals surface area (Å²) in [4.78, 5) is 0. The van der Waals surface area contributed by atoms with E-state index in [9.17, 15) is 8.42 Å². The third kappa shape index (κ3) is 7.52. The molecule has 0 aliphatic heterocycles. The predicted octanol–water partition coefficient (Wildman–Crippen LogP) is 1.60. The number of nitrogens with one attached hydrogen (secondary N) is 1. The second kappa shape index (κ2) is 8.66. The Balaban J connectivity index is 4.11. The molecule has 4 nitrogen and oxygen atoms in total. The second-order valence-electron chi connectivity index (χ2n) is 4.26. The Labute approximate surface area is 106 Å². The molecule has 0 amide bonds. The summed E-state index contributed by atoms with van der Waals surface area (Å²) in [6.45, 7) is 12.3. The molecule has 5 heteroatoms. The number of hydrogen-bond acceptors (Lipinski definition) is 3. The summed E-state index contributed by atoms with van der Waals surface area (Å²) in [5.74, 6) is 0.236. The summed E-state index contributed by atoms with van der Waals surface area (Å²) in [5.41, 5.74) is 0.878. The molecule has 0 heterocycles. The van der Waals surface area contributed by atoms with Crippen molar-refractivity contribution in [2.45, 2.75) is 33.6 Å². The van der Waals surface area contributed by atoms with Gasteiger partial charge in [0.25, 0.3) is 0 Å². The first-order chi connectivity index (χ1) is 7.94. The molecule has 0 radical (unpaired) electrons. The maximum absolute atomic E-state index is 12.0. The quantitative estimate of drug-likeness (QED) is 0.480. The minimum absolute atomic E-state index is 0.236. The van der Waals surface area contributed by atoms with Crippen molar-refractivity contribution in [2.75, 3.05) is 31.9 Å². The number of sulfonamides is 1. The van der Waals surface area contributed by atoms with E-state index in [1.165, 1.54) is 4.31 Å². The summed E-state index contributed by atoms with van der Waals surface area (Å²) in [6, 6.07) is 0. The Kier molecular flexibility index (Phi) is 8.47. The Bertz CT molecular complexity index is 312. The first kappa shape index (κ1) is 16.6. The van der Waals surface area contributed by atoms with E-state index in [1.54, 1.807) is 0 Å². The van der Waals surface area contributed by atoms with E-state index in [0.717, 1.165) is 25.1 Å². The number of hydrogen-bond donors (Lipinski definition) is 1. The third-order valence-electron chi connectivity index (χ3n) is 2.45. The maximum atomic E-state index is 12.0. The van der Waals surface area contributed by atoms with Crippen LogP contribution in [0.4, 0.5) is 0 Å². The zero-order chi connectivity index (χ0) is 13.3. The molecule has 102 valence electrons. The maximum Gasteiger partial charge on any atom is 0.214 e. The smallest absolute Gasteiger partial charge is 0.214 e. The van der Waals surface area contributed by atoms with Crippen molar-refractivity contribution < 1.29 is 8.42 Å². The molecular formula is C12H26N2O2S. The van der Waals surface area contributed by atoms with Crippen LogP contribution in [-0.4, -0.2) is 44.7 Å². The van der Waals surface area contributed by atoms with Crippen molar-refractivity contribution in [2.24, 2.45) is 0 Å². The number of rotatable bonds is 10. The Morgan fingerprint density at radius 3 is 2.41 bits per heavy atom. The molecule has 0 rings (SSSR count). The number of unbranched alkanes of at least 4 members (excludes halogenated alkanes) is 1. The fraction of sp³-hybridized carbons (Fsp3) is 0.833. The van der Waals surface area contributed by atoms with E-state index in [-0.39, 0.29) is 5.75 Å². The monoisotopic (exact) mass is 262 g/mol. The van der Waals surface area contributed by atoms with Gasteiger partial charge < -0.3 is 5.32 Å². The van der Waals surface area contributed by atoms with E-state index in [1.807, 2.05) is 20.8 Å². The zero-order valence-corrected chi connectivity index (χ0v) is 12.1. The van der Waals surface area contributed by atoms with Gasteiger partial charge in [-0.2, -0.15) is 4.31 Å². The van der Waals surface area contributed by atoms with E-state index in [0.29, 0.717) is 19.5 Å². The molecular weight excluding hydrogens is 236 g/mol. The van der Waals surface area contributed by atoms with Gasteiger partial charge in [-0.05, 0) is 32.9 Å². The van der Waals surface area contributed by atoms with Crippen LogP contribution < -0.4 is 5.32 Å². The van der Waals surface area contributed by atoms with Gasteiger partial charge in [0.05, 0.1) is 5.75 Å². The fourth-order valence-electron chi connectivity index (χ4n) is 1.55. The molecule has 1 N–H and O–H groups in total. The highest BCUT2D eigenvalue weighted by atomic mass is 32.2. The molecule has 0 aromatic heterocycles. The van der Waals surface area contributed by atoms with Gasteiger partial charge in [0.1, 0.15) is 0 Å². The SMILES string of the molecule is C=C(C)CN(CC)S(=O)(=O)CCCCNCC. The van der Waals surface area contributed by atoms with Gasteiger partial charge in [-0.1, -0.05) is 26.0 Å². The summed E-state index contributed by atoms with van der Waals surface area (Å²) in [6.07, 6.45) is 1.61. The van der Waals surface area contributed by atoms with Crippen molar-refractivity contribution in [3.63, 3.8) is 0 Å². The first-order valence-corrected chi connectivity index (χ1v) is 7.87. The van der Waals surface area contributed by atoms with Gasteiger partial charge in [-0.25, -0.2) is 8.42 Å². The first-order valence-electron chi connectivity index (χ1n) is 6.27. The van der Waals surface area contributed by atoms with Crippen LogP contribution in [0.3, 0.4) is 0 Å². The Hall–Kier alpha value is -0.390. The molecule has 0 saturated carbocycles. The fourth-order valence-corrected chi connectivity index (χ4v) is 3.19. The molecule has 0 aliphatic rings. The highest BCUT2D eigenvalue weighted by Gasteiger charge is 2.19.